The lowest BCUT2D eigenvalue weighted by atomic mass is 10.4. The Morgan fingerprint density at radius 3 is 3.00 bits per heavy atom. The molecule has 6 nitrogen and oxygen atoms in total. The summed E-state index contributed by atoms with van der Waals surface area (Å²) in [6.45, 7) is 3.44. The van der Waals surface area contributed by atoms with Gasteiger partial charge in [-0.2, -0.15) is 0 Å². The average molecular weight is 324 g/mol. The van der Waals surface area contributed by atoms with Crippen molar-refractivity contribution in [2.24, 2.45) is 0 Å². The van der Waals surface area contributed by atoms with Gasteiger partial charge in [-0.05, 0) is 11.4 Å². The fraction of sp³-hybridized carbons (Fsp3) is 0.385. The molecule has 3 rings (SSSR count). The number of hydrogen-bond donors (Lipinski definition) is 2. The third-order valence-corrected chi connectivity index (χ3v) is 5.14. The van der Waals surface area contributed by atoms with Crippen LogP contribution in [0.4, 0.5) is 10.9 Å². The molecule has 1 saturated heterocycles. The molecule has 0 spiro atoms. The van der Waals surface area contributed by atoms with Crippen LogP contribution in [-0.2, 0) is 11.3 Å². The molecule has 0 atom stereocenters. The van der Waals surface area contributed by atoms with Gasteiger partial charge in [-0.1, -0.05) is 17.4 Å². The van der Waals surface area contributed by atoms with Crippen LogP contribution in [0.5, 0.6) is 0 Å². The number of nitrogen functional groups attached to an aromatic ring is 1. The van der Waals surface area contributed by atoms with Crippen LogP contribution in [0.15, 0.2) is 17.5 Å². The molecule has 2 aromatic rings. The first-order chi connectivity index (χ1) is 10.2. The Bertz CT molecular complexity index is 606. The molecule has 0 saturated carbocycles. The van der Waals surface area contributed by atoms with Crippen LogP contribution in [0, 0.1) is 0 Å². The van der Waals surface area contributed by atoms with Crippen LogP contribution >= 0.6 is 22.7 Å². The lowest BCUT2D eigenvalue weighted by Crippen LogP contribution is -2.36. The number of nitrogens with zero attached hydrogens (tertiary/aromatic N) is 2. The number of carbonyl (C=O) groups excluding carboxylic acids is 1. The molecule has 0 aromatic carbocycles. The predicted octanol–water partition coefficient (Wildman–Crippen LogP) is 1.55. The van der Waals surface area contributed by atoms with Crippen LogP contribution in [-0.4, -0.2) is 37.2 Å². The molecule has 21 heavy (non-hydrogen) atoms. The van der Waals surface area contributed by atoms with Gasteiger partial charge in [0.15, 0.2) is 5.13 Å². The summed E-state index contributed by atoms with van der Waals surface area (Å²) in [6, 6.07) is 3.95. The second kappa shape index (κ2) is 6.42. The van der Waals surface area contributed by atoms with Gasteiger partial charge in [-0.3, -0.25) is 4.79 Å². The molecular weight excluding hydrogens is 308 g/mol. The van der Waals surface area contributed by atoms with Crippen molar-refractivity contribution in [3.05, 3.63) is 27.3 Å². The van der Waals surface area contributed by atoms with Gasteiger partial charge in [0, 0.05) is 18.0 Å². The molecular formula is C13H16N4O2S2. The molecule has 3 N–H and O–H groups in total. The fourth-order valence-electron chi connectivity index (χ4n) is 2.03. The zero-order valence-corrected chi connectivity index (χ0v) is 13.0. The topological polar surface area (TPSA) is 80.5 Å². The van der Waals surface area contributed by atoms with E-state index < -0.39 is 0 Å². The van der Waals surface area contributed by atoms with Gasteiger partial charge in [0.2, 0.25) is 0 Å². The highest BCUT2D eigenvalue weighted by Gasteiger charge is 2.20. The SMILES string of the molecule is Nc1nc(N2CCOCC2)sc1C(=O)NCc1cccs1. The van der Waals surface area contributed by atoms with Gasteiger partial charge in [0.05, 0.1) is 19.8 Å². The number of aromatic nitrogens is 1. The molecule has 3 heterocycles. The molecule has 0 unspecified atom stereocenters. The third kappa shape index (κ3) is 3.34. The number of ether oxygens (including phenoxy) is 1. The molecule has 2 aromatic heterocycles. The second-order valence-electron chi connectivity index (χ2n) is 4.57. The summed E-state index contributed by atoms with van der Waals surface area (Å²) in [5.74, 6) is 0.128. The van der Waals surface area contributed by atoms with Crippen molar-refractivity contribution in [2.75, 3.05) is 36.9 Å². The number of nitrogens with one attached hydrogen (secondary N) is 1. The molecule has 112 valence electrons. The zero-order chi connectivity index (χ0) is 14.7. The van der Waals surface area contributed by atoms with Crippen molar-refractivity contribution in [3.63, 3.8) is 0 Å². The normalized spacial score (nSPS) is 15.1. The van der Waals surface area contributed by atoms with E-state index in [2.05, 4.69) is 15.2 Å². The molecule has 8 heteroatoms. The molecule has 1 amide bonds. The lowest BCUT2D eigenvalue weighted by Gasteiger charge is -2.25. The van der Waals surface area contributed by atoms with E-state index >= 15 is 0 Å². The highest BCUT2D eigenvalue weighted by Crippen LogP contribution is 2.28. The molecule has 1 fully saturated rings. The number of thiophene rings is 1. The number of anilines is 2. The molecule has 0 aliphatic carbocycles. The van der Waals surface area contributed by atoms with E-state index in [1.165, 1.54) is 11.3 Å². The number of hydrogen-bond acceptors (Lipinski definition) is 7. The average Bonchev–Trinajstić information content (AvgIpc) is 3.15. The number of rotatable bonds is 4. The van der Waals surface area contributed by atoms with Crippen molar-refractivity contribution >= 4 is 39.5 Å². The number of nitrogens with two attached hydrogens (primary N) is 1. The zero-order valence-electron chi connectivity index (χ0n) is 11.4. The number of amides is 1. The first kappa shape index (κ1) is 14.3. The van der Waals surface area contributed by atoms with Gasteiger partial charge in [-0.15, -0.1) is 11.3 Å². The summed E-state index contributed by atoms with van der Waals surface area (Å²) in [4.78, 5) is 20.2. The molecule has 0 radical (unpaired) electrons. The van der Waals surface area contributed by atoms with E-state index in [0.29, 0.717) is 30.5 Å². The minimum Gasteiger partial charge on any atom is -0.382 e. The fourth-order valence-corrected chi connectivity index (χ4v) is 3.63. The minimum atomic E-state index is -0.169. The standard InChI is InChI=1S/C13H16N4O2S2/c14-11-10(12(18)15-8-9-2-1-7-20-9)21-13(16-11)17-3-5-19-6-4-17/h1-2,7H,3-6,8,14H2,(H,15,18). The largest absolute Gasteiger partial charge is 0.382 e. The Kier molecular flexibility index (Phi) is 4.37. The third-order valence-electron chi connectivity index (χ3n) is 3.13. The Morgan fingerprint density at radius 2 is 2.29 bits per heavy atom. The minimum absolute atomic E-state index is 0.169. The number of morpholine rings is 1. The van der Waals surface area contributed by atoms with Gasteiger partial charge in [0.1, 0.15) is 10.7 Å². The van der Waals surface area contributed by atoms with Gasteiger partial charge >= 0.3 is 0 Å². The highest BCUT2D eigenvalue weighted by atomic mass is 32.1. The summed E-state index contributed by atoms with van der Waals surface area (Å²) in [6.07, 6.45) is 0. The Hall–Kier alpha value is -1.64. The van der Waals surface area contributed by atoms with Crippen molar-refractivity contribution < 1.29 is 9.53 Å². The monoisotopic (exact) mass is 324 g/mol. The maximum atomic E-state index is 12.2. The van der Waals surface area contributed by atoms with Crippen molar-refractivity contribution in [2.45, 2.75) is 6.54 Å². The maximum Gasteiger partial charge on any atom is 0.265 e. The van der Waals surface area contributed by atoms with E-state index in [4.69, 9.17) is 10.5 Å². The van der Waals surface area contributed by atoms with Crippen molar-refractivity contribution in [1.82, 2.24) is 10.3 Å². The predicted molar refractivity (Wildman–Crippen MR) is 85.0 cm³/mol. The summed E-state index contributed by atoms with van der Waals surface area (Å²) >= 11 is 2.95. The van der Waals surface area contributed by atoms with Crippen LogP contribution in [0.1, 0.15) is 14.5 Å². The summed E-state index contributed by atoms with van der Waals surface area (Å²) in [7, 11) is 0. The Labute approximate surface area is 130 Å². The van der Waals surface area contributed by atoms with Crippen LogP contribution in [0.3, 0.4) is 0 Å². The second-order valence-corrected chi connectivity index (χ2v) is 6.58. The van der Waals surface area contributed by atoms with Crippen molar-refractivity contribution in [1.29, 1.82) is 0 Å². The van der Waals surface area contributed by atoms with E-state index in [-0.39, 0.29) is 5.91 Å². The van der Waals surface area contributed by atoms with Crippen LogP contribution in [0.2, 0.25) is 0 Å². The van der Waals surface area contributed by atoms with E-state index in [1.807, 2.05) is 17.5 Å². The van der Waals surface area contributed by atoms with Gasteiger partial charge in [0.25, 0.3) is 5.91 Å². The quantitative estimate of drug-likeness (QED) is 0.892. The van der Waals surface area contributed by atoms with Crippen LogP contribution < -0.4 is 16.0 Å². The number of thiazole rings is 1. The van der Waals surface area contributed by atoms with Crippen molar-refractivity contribution in [3.8, 4) is 0 Å². The smallest absolute Gasteiger partial charge is 0.265 e. The summed E-state index contributed by atoms with van der Waals surface area (Å²) in [5, 5.41) is 5.65. The number of carbonyl (C=O) groups is 1. The van der Waals surface area contributed by atoms with Crippen LogP contribution in [0.25, 0.3) is 0 Å². The molecule has 1 aliphatic rings. The highest BCUT2D eigenvalue weighted by molar-refractivity contribution is 7.18. The van der Waals surface area contributed by atoms with E-state index in [9.17, 15) is 4.79 Å². The van der Waals surface area contributed by atoms with E-state index in [0.717, 1.165) is 23.1 Å². The van der Waals surface area contributed by atoms with E-state index in [1.54, 1.807) is 11.3 Å². The maximum absolute atomic E-state index is 12.2. The van der Waals surface area contributed by atoms with Gasteiger partial charge < -0.3 is 20.7 Å². The first-order valence-electron chi connectivity index (χ1n) is 6.63. The summed E-state index contributed by atoms with van der Waals surface area (Å²) in [5.41, 5.74) is 5.88. The summed E-state index contributed by atoms with van der Waals surface area (Å²) < 4.78 is 5.31. The lowest BCUT2D eigenvalue weighted by molar-refractivity contribution is 0.0956. The first-order valence-corrected chi connectivity index (χ1v) is 8.33. The Balaban J connectivity index is 1.66. The molecule has 1 aliphatic heterocycles. The Morgan fingerprint density at radius 1 is 1.48 bits per heavy atom. The van der Waals surface area contributed by atoms with Gasteiger partial charge in [-0.25, -0.2) is 4.98 Å². The molecule has 0 bridgehead atoms.